The summed E-state index contributed by atoms with van der Waals surface area (Å²) in [5, 5.41) is 0.160. The average molecular weight is 259 g/mol. The zero-order chi connectivity index (χ0) is 13.1. The molecule has 0 aromatic heterocycles. The second kappa shape index (κ2) is 5.69. The van der Waals surface area contributed by atoms with Crippen LogP contribution in [0.4, 0.5) is 10.1 Å². The number of nitrogens with zero attached hydrogens (tertiary/aromatic N) is 1. The standard InChI is InChI=1S/C13H20ClFN2/c1-13(2,9-16)6-7-17(3)10-4-5-12(15)11(14)8-10/h4-5,8H,6-7,9,16H2,1-3H3. The largest absolute Gasteiger partial charge is 0.375 e. The molecule has 17 heavy (non-hydrogen) atoms. The Morgan fingerprint density at radius 3 is 2.59 bits per heavy atom. The van der Waals surface area contributed by atoms with E-state index in [0.29, 0.717) is 6.54 Å². The van der Waals surface area contributed by atoms with E-state index >= 15 is 0 Å². The zero-order valence-electron chi connectivity index (χ0n) is 10.6. The van der Waals surface area contributed by atoms with Crippen molar-refractivity contribution in [3.8, 4) is 0 Å². The second-order valence-electron chi connectivity index (χ2n) is 5.14. The van der Waals surface area contributed by atoms with E-state index in [4.69, 9.17) is 17.3 Å². The van der Waals surface area contributed by atoms with E-state index in [2.05, 4.69) is 18.7 Å². The van der Waals surface area contributed by atoms with Crippen molar-refractivity contribution >= 4 is 17.3 Å². The number of rotatable bonds is 5. The molecule has 0 radical (unpaired) electrons. The summed E-state index contributed by atoms with van der Waals surface area (Å²) in [6.45, 7) is 5.80. The molecule has 2 nitrogen and oxygen atoms in total. The Balaban J connectivity index is 2.64. The summed E-state index contributed by atoms with van der Waals surface area (Å²) in [5.74, 6) is -0.383. The lowest BCUT2D eigenvalue weighted by molar-refractivity contribution is 0.351. The van der Waals surface area contributed by atoms with Crippen molar-refractivity contribution < 1.29 is 4.39 Å². The third kappa shape index (κ3) is 4.17. The molecule has 0 bridgehead atoms. The number of benzene rings is 1. The maximum absolute atomic E-state index is 13.0. The van der Waals surface area contributed by atoms with Crippen LogP contribution < -0.4 is 10.6 Å². The number of hydrogen-bond acceptors (Lipinski definition) is 2. The smallest absolute Gasteiger partial charge is 0.141 e. The van der Waals surface area contributed by atoms with Crippen LogP contribution in [0.5, 0.6) is 0 Å². The van der Waals surface area contributed by atoms with Crippen molar-refractivity contribution in [2.45, 2.75) is 20.3 Å². The molecule has 0 saturated heterocycles. The first-order valence-electron chi connectivity index (χ1n) is 5.72. The normalized spacial score (nSPS) is 11.6. The van der Waals surface area contributed by atoms with Gasteiger partial charge in [-0.15, -0.1) is 0 Å². The predicted octanol–water partition coefficient (Wildman–Crippen LogP) is 3.29. The van der Waals surface area contributed by atoms with Crippen LogP contribution in [0.25, 0.3) is 0 Å². The number of nitrogens with two attached hydrogens (primary N) is 1. The SMILES string of the molecule is CN(CCC(C)(C)CN)c1ccc(F)c(Cl)c1. The molecule has 0 aliphatic heterocycles. The van der Waals surface area contributed by atoms with Gasteiger partial charge in [0.25, 0.3) is 0 Å². The highest BCUT2D eigenvalue weighted by molar-refractivity contribution is 6.31. The van der Waals surface area contributed by atoms with E-state index in [-0.39, 0.29) is 16.3 Å². The van der Waals surface area contributed by atoms with Gasteiger partial charge in [0.05, 0.1) is 5.02 Å². The van der Waals surface area contributed by atoms with Gasteiger partial charge in [-0.2, -0.15) is 0 Å². The van der Waals surface area contributed by atoms with Gasteiger partial charge < -0.3 is 10.6 Å². The van der Waals surface area contributed by atoms with Crippen LogP contribution in [0.3, 0.4) is 0 Å². The van der Waals surface area contributed by atoms with Crippen LogP contribution in [-0.2, 0) is 0 Å². The summed E-state index contributed by atoms with van der Waals surface area (Å²) in [7, 11) is 1.97. The molecular weight excluding hydrogens is 239 g/mol. The van der Waals surface area contributed by atoms with Gasteiger partial charge in [0.1, 0.15) is 5.82 Å². The maximum atomic E-state index is 13.0. The molecule has 1 aromatic rings. The fraction of sp³-hybridized carbons (Fsp3) is 0.538. The van der Waals surface area contributed by atoms with Gasteiger partial charge in [0.15, 0.2) is 0 Å². The highest BCUT2D eigenvalue weighted by Crippen LogP contribution is 2.24. The van der Waals surface area contributed by atoms with E-state index in [1.165, 1.54) is 6.07 Å². The van der Waals surface area contributed by atoms with Crippen LogP contribution >= 0.6 is 11.6 Å². The van der Waals surface area contributed by atoms with E-state index in [1.54, 1.807) is 12.1 Å². The summed E-state index contributed by atoms with van der Waals surface area (Å²) in [4.78, 5) is 2.06. The van der Waals surface area contributed by atoms with Crippen LogP contribution in [0, 0.1) is 11.2 Å². The van der Waals surface area contributed by atoms with Gasteiger partial charge in [0.2, 0.25) is 0 Å². The van der Waals surface area contributed by atoms with Crippen LogP contribution in [0.15, 0.2) is 18.2 Å². The minimum absolute atomic E-state index is 0.123. The fourth-order valence-corrected chi connectivity index (χ4v) is 1.60. The Kier molecular flexibility index (Phi) is 4.78. The summed E-state index contributed by atoms with van der Waals surface area (Å²) >= 11 is 5.75. The number of anilines is 1. The molecule has 0 amide bonds. The van der Waals surface area contributed by atoms with Crippen molar-refractivity contribution in [3.63, 3.8) is 0 Å². The lowest BCUT2D eigenvalue weighted by Crippen LogP contribution is -2.29. The molecule has 0 atom stereocenters. The average Bonchev–Trinajstić information content (AvgIpc) is 2.30. The van der Waals surface area contributed by atoms with Crippen LogP contribution in [0.2, 0.25) is 5.02 Å². The third-order valence-electron chi connectivity index (χ3n) is 3.02. The quantitative estimate of drug-likeness (QED) is 0.878. The molecule has 1 rings (SSSR count). The highest BCUT2D eigenvalue weighted by Gasteiger charge is 2.16. The first-order chi connectivity index (χ1) is 7.85. The fourth-order valence-electron chi connectivity index (χ4n) is 1.42. The Bertz CT molecular complexity index is 380. The molecule has 0 spiro atoms. The molecule has 0 aliphatic rings. The van der Waals surface area contributed by atoms with E-state index < -0.39 is 0 Å². The summed E-state index contributed by atoms with van der Waals surface area (Å²) < 4.78 is 13.0. The highest BCUT2D eigenvalue weighted by atomic mass is 35.5. The van der Waals surface area contributed by atoms with Crippen molar-refractivity contribution in [3.05, 3.63) is 29.0 Å². The monoisotopic (exact) mass is 258 g/mol. The van der Waals surface area contributed by atoms with Crippen molar-refractivity contribution in [2.24, 2.45) is 11.1 Å². The minimum atomic E-state index is -0.383. The second-order valence-corrected chi connectivity index (χ2v) is 5.55. The third-order valence-corrected chi connectivity index (χ3v) is 3.31. The van der Waals surface area contributed by atoms with Gasteiger partial charge in [-0.05, 0) is 36.6 Å². The first-order valence-corrected chi connectivity index (χ1v) is 6.10. The van der Waals surface area contributed by atoms with Gasteiger partial charge in [-0.3, -0.25) is 0 Å². The molecule has 96 valence electrons. The summed E-state index contributed by atoms with van der Waals surface area (Å²) in [6, 6.07) is 4.77. The van der Waals surface area contributed by atoms with Crippen LogP contribution in [-0.4, -0.2) is 20.1 Å². The maximum Gasteiger partial charge on any atom is 0.141 e. The van der Waals surface area contributed by atoms with E-state index in [1.807, 2.05) is 7.05 Å². The molecule has 4 heteroatoms. The number of halogens is 2. The Hall–Kier alpha value is -0.800. The van der Waals surface area contributed by atoms with Gasteiger partial charge in [-0.25, -0.2) is 4.39 Å². The summed E-state index contributed by atoms with van der Waals surface area (Å²) in [5.41, 5.74) is 6.73. The molecule has 0 saturated carbocycles. The van der Waals surface area contributed by atoms with Gasteiger partial charge >= 0.3 is 0 Å². The zero-order valence-corrected chi connectivity index (χ0v) is 11.4. The van der Waals surface area contributed by atoms with E-state index in [9.17, 15) is 4.39 Å². The molecular formula is C13H20ClFN2. The molecule has 2 N–H and O–H groups in total. The van der Waals surface area contributed by atoms with E-state index in [0.717, 1.165) is 18.7 Å². The molecule has 0 fully saturated rings. The topological polar surface area (TPSA) is 29.3 Å². The number of hydrogen-bond donors (Lipinski definition) is 1. The first kappa shape index (κ1) is 14.3. The molecule has 1 aromatic carbocycles. The minimum Gasteiger partial charge on any atom is -0.375 e. The van der Waals surface area contributed by atoms with Gasteiger partial charge in [-0.1, -0.05) is 25.4 Å². The van der Waals surface area contributed by atoms with Crippen LogP contribution in [0.1, 0.15) is 20.3 Å². The van der Waals surface area contributed by atoms with Crippen molar-refractivity contribution in [1.82, 2.24) is 0 Å². The molecule has 0 aliphatic carbocycles. The predicted molar refractivity (Wildman–Crippen MR) is 72.1 cm³/mol. The molecule has 0 unspecified atom stereocenters. The molecule has 0 heterocycles. The Morgan fingerprint density at radius 2 is 2.06 bits per heavy atom. The van der Waals surface area contributed by atoms with Crippen molar-refractivity contribution in [2.75, 3.05) is 25.0 Å². The Labute approximate surface area is 108 Å². The lowest BCUT2D eigenvalue weighted by atomic mass is 9.89. The van der Waals surface area contributed by atoms with Gasteiger partial charge in [0, 0.05) is 19.3 Å². The Morgan fingerprint density at radius 1 is 1.41 bits per heavy atom. The lowest BCUT2D eigenvalue weighted by Gasteiger charge is -2.27. The van der Waals surface area contributed by atoms with Crippen molar-refractivity contribution in [1.29, 1.82) is 0 Å². The summed E-state index contributed by atoms with van der Waals surface area (Å²) in [6.07, 6.45) is 0.981.